The number of ketones is 1. The number of carbonyl (C=O) groups excluding carboxylic acids is 1. The lowest BCUT2D eigenvalue weighted by Crippen LogP contribution is -2.01. The molecular weight excluding hydrogens is 274 g/mol. The van der Waals surface area contributed by atoms with Crippen molar-refractivity contribution in [3.63, 3.8) is 0 Å². The zero-order valence-corrected chi connectivity index (χ0v) is 11.3. The van der Waals surface area contributed by atoms with E-state index in [0.717, 1.165) is 11.6 Å². The number of benzene rings is 1. The molecule has 3 rings (SSSR count). The van der Waals surface area contributed by atoms with E-state index in [2.05, 4.69) is 4.98 Å². The molecule has 106 valence electrons. The van der Waals surface area contributed by atoms with E-state index >= 15 is 0 Å². The Morgan fingerprint density at radius 2 is 2.10 bits per heavy atom. The molecule has 0 unspecified atom stereocenters. The molecule has 0 atom stereocenters. The van der Waals surface area contributed by atoms with Crippen LogP contribution in [0.1, 0.15) is 22.8 Å². The first-order valence-electron chi connectivity index (χ1n) is 6.45. The molecule has 0 aliphatic rings. The second-order valence-corrected chi connectivity index (χ2v) is 4.83. The van der Waals surface area contributed by atoms with Crippen molar-refractivity contribution in [2.45, 2.75) is 13.5 Å². The van der Waals surface area contributed by atoms with Gasteiger partial charge in [-0.3, -0.25) is 9.78 Å². The summed E-state index contributed by atoms with van der Waals surface area (Å²) in [5, 5.41) is 0. The summed E-state index contributed by atoms with van der Waals surface area (Å²) in [5.74, 6) is -1.32. The number of pyridine rings is 1. The molecule has 0 fully saturated rings. The van der Waals surface area contributed by atoms with Gasteiger partial charge < -0.3 is 4.57 Å². The van der Waals surface area contributed by atoms with Crippen molar-refractivity contribution < 1.29 is 13.6 Å². The normalized spacial score (nSPS) is 11.0. The summed E-state index contributed by atoms with van der Waals surface area (Å²) in [5.41, 5.74) is 2.18. The van der Waals surface area contributed by atoms with E-state index in [1.807, 2.05) is 6.07 Å². The van der Waals surface area contributed by atoms with E-state index in [0.29, 0.717) is 16.6 Å². The van der Waals surface area contributed by atoms with Crippen molar-refractivity contribution in [3.8, 4) is 0 Å². The Morgan fingerprint density at radius 3 is 2.81 bits per heavy atom. The highest BCUT2D eigenvalue weighted by atomic mass is 19.1. The van der Waals surface area contributed by atoms with E-state index in [9.17, 15) is 13.6 Å². The fourth-order valence-electron chi connectivity index (χ4n) is 2.34. The Hall–Kier alpha value is -2.56. The first-order valence-corrected chi connectivity index (χ1v) is 6.45. The summed E-state index contributed by atoms with van der Waals surface area (Å²) in [6.45, 7) is 1.67. The average molecular weight is 286 g/mol. The van der Waals surface area contributed by atoms with Crippen LogP contribution in [-0.4, -0.2) is 15.3 Å². The van der Waals surface area contributed by atoms with Gasteiger partial charge in [-0.15, -0.1) is 0 Å². The minimum absolute atomic E-state index is 0.1000. The molecule has 3 nitrogen and oxygen atoms in total. The quantitative estimate of drug-likeness (QED) is 0.690. The fourth-order valence-corrected chi connectivity index (χ4v) is 2.34. The number of Topliss-reactive ketones (excluding diaryl/α,β-unsaturated/α-hetero) is 1. The van der Waals surface area contributed by atoms with E-state index in [1.54, 1.807) is 23.0 Å². The third kappa shape index (κ3) is 2.42. The first-order chi connectivity index (χ1) is 10.1. The lowest BCUT2D eigenvalue weighted by atomic mass is 10.2. The molecule has 2 heterocycles. The third-order valence-electron chi connectivity index (χ3n) is 3.37. The summed E-state index contributed by atoms with van der Waals surface area (Å²) in [6, 6.07) is 7.04. The maximum atomic E-state index is 13.8. The molecule has 0 saturated carbocycles. The molecule has 21 heavy (non-hydrogen) atoms. The molecule has 0 aliphatic heterocycles. The second-order valence-electron chi connectivity index (χ2n) is 4.83. The van der Waals surface area contributed by atoms with Crippen LogP contribution < -0.4 is 0 Å². The Balaban J connectivity index is 2.10. The molecule has 0 spiro atoms. The van der Waals surface area contributed by atoms with Crippen molar-refractivity contribution >= 4 is 16.8 Å². The smallest absolute Gasteiger partial charge is 0.163 e. The largest absolute Gasteiger partial charge is 0.341 e. The van der Waals surface area contributed by atoms with Crippen molar-refractivity contribution in [2.75, 3.05) is 0 Å². The summed E-state index contributed by atoms with van der Waals surface area (Å²) < 4.78 is 28.5. The number of halogens is 2. The van der Waals surface area contributed by atoms with Gasteiger partial charge in [0.25, 0.3) is 0 Å². The molecule has 0 N–H and O–H groups in total. The molecule has 1 aromatic carbocycles. The van der Waals surface area contributed by atoms with Gasteiger partial charge in [0.05, 0.1) is 23.1 Å². The van der Waals surface area contributed by atoms with Crippen molar-refractivity contribution in [1.82, 2.24) is 9.55 Å². The van der Waals surface area contributed by atoms with Crippen LogP contribution >= 0.6 is 0 Å². The highest BCUT2D eigenvalue weighted by Crippen LogP contribution is 2.21. The molecule has 2 aromatic heterocycles. The highest BCUT2D eigenvalue weighted by Gasteiger charge is 2.14. The van der Waals surface area contributed by atoms with E-state index < -0.39 is 11.6 Å². The Morgan fingerprint density at radius 1 is 1.29 bits per heavy atom. The standard InChI is InChI=1S/C16H12F2N2O/c1-10(21)13-9-20(15-3-2-6-19-16(13)15)8-11-4-5-12(17)7-14(11)18/h2-7,9H,8H2,1H3. The van der Waals surface area contributed by atoms with Crippen LogP contribution in [0.3, 0.4) is 0 Å². The van der Waals surface area contributed by atoms with Crippen LogP contribution in [-0.2, 0) is 6.54 Å². The molecule has 0 amide bonds. The van der Waals surface area contributed by atoms with Crippen LogP contribution in [0.15, 0.2) is 42.7 Å². The van der Waals surface area contributed by atoms with Gasteiger partial charge >= 0.3 is 0 Å². The monoisotopic (exact) mass is 286 g/mol. The number of nitrogens with zero attached hydrogens (tertiary/aromatic N) is 2. The first kappa shape index (κ1) is 13.4. The van der Waals surface area contributed by atoms with Crippen LogP contribution in [0.25, 0.3) is 11.0 Å². The van der Waals surface area contributed by atoms with E-state index in [1.165, 1.54) is 19.1 Å². The summed E-state index contributed by atoms with van der Waals surface area (Å²) >= 11 is 0. The van der Waals surface area contributed by atoms with Gasteiger partial charge in [-0.2, -0.15) is 0 Å². The van der Waals surface area contributed by atoms with Crippen LogP contribution in [0, 0.1) is 11.6 Å². The number of rotatable bonds is 3. The van der Waals surface area contributed by atoms with Crippen molar-refractivity contribution in [3.05, 3.63) is 65.5 Å². The molecule has 0 bridgehead atoms. The van der Waals surface area contributed by atoms with Gasteiger partial charge in [-0.25, -0.2) is 8.78 Å². The lowest BCUT2D eigenvalue weighted by Gasteiger charge is -2.06. The highest BCUT2D eigenvalue weighted by molar-refractivity contribution is 6.05. The number of hydrogen-bond acceptors (Lipinski definition) is 2. The van der Waals surface area contributed by atoms with Crippen molar-refractivity contribution in [2.24, 2.45) is 0 Å². The van der Waals surface area contributed by atoms with Crippen molar-refractivity contribution in [1.29, 1.82) is 0 Å². The Labute approximate surface area is 119 Å². The van der Waals surface area contributed by atoms with Crippen LogP contribution in [0.5, 0.6) is 0 Å². The average Bonchev–Trinajstić information content (AvgIpc) is 2.81. The second kappa shape index (κ2) is 5.09. The molecule has 0 radical (unpaired) electrons. The summed E-state index contributed by atoms with van der Waals surface area (Å²) in [4.78, 5) is 15.9. The SMILES string of the molecule is CC(=O)c1cn(Cc2ccc(F)cc2F)c2cccnc12. The van der Waals surface area contributed by atoms with Crippen LogP contribution in [0.4, 0.5) is 8.78 Å². The van der Waals surface area contributed by atoms with Gasteiger partial charge in [-0.05, 0) is 25.1 Å². The Kier molecular flexibility index (Phi) is 3.25. The van der Waals surface area contributed by atoms with Gasteiger partial charge in [0.15, 0.2) is 5.78 Å². The Bertz CT molecular complexity index is 839. The summed E-state index contributed by atoms with van der Waals surface area (Å²) in [6.07, 6.45) is 3.26. The predicted octanol–water partition coefficient (Wildman–Crippen LogP) is 3.57. The lowest BCUT2D eigenvalue weighted by molar-refractivity contribution is 0.101. The number of aromatic nitrogens is 2. The number of hydrogen-bond donors (Lipinski definition) is 0. The van der Waals surface area contributed by atoms with Gasteiger partial charge in [0.2, 0.25) is 0 Å². The maximum Gasteiger partial charge on any atom is 0.163 e. The van der Waals surface area contributed by atoms with E-state index in [-0.39, 0.29) is 12.3 Å². The maximum absolute atomic E-state index is 13.8. The van der Waals surface area contributed by atoms with Gasteiger partial charge in [0.1, 0.15) is 11.6 Å². The zero-order chi connectivity index (χ0) is 15.0. The minimum atomic E-state index is -0.611. The van der Waals surface area contributed by atoms with Gasteiger partial charge in [-0.1, -0.05) is 6.07 Å². The fraction of sp³-hybridized carbons (Fsp3) is 0.125. The van der Waals surface area contributed by atoms with E-state index in [4.69, 9.17) is 0 Å². The molecular formula is C16H12F2N2O. The minimum Gasteiger partial charge on any atom is -0.341 e. The predicted molar refractivity (Wildman–Crippen MR) is 75.2 cm³/mol. The zero-order valence-electron chi connectivity index (χ0n) is 11.3. The van der Waals surface area contributed by atoms with Crippen LogP contribution in [0.2, 0.25) is 0 Å². The molecule has 0 aliphatic carbocycles. The van der Waals surface area contributed by atoms with Gasteiger partial charge in [0, 0.05) is 24.0 Å². The molecule has 0 saturated heterocycles. The third-order valence-corrected chi connectivity index (χ3v) is 3.37. The molecule has 5 heteroatoms. The number of fused-ring (bicyclic) bond motifs is 1. The molecule has 3 aromatic rings. The number of carbonyl (C=O) groups is 1. The topological polar surface area (TPSA) is 34.9 Å². The summed E-state index contributed by atoms with van der Waals surface area (Å²) in [7, 11) is 0.